The van der Waals surface area contributed by atoms with Crippen molar-refractivity contribution in [2.75, 3.05) is 0 Å². The standard InChI is InChI=1S/C36H46N4.Ni/c1-9-21-22(10-2)30-18-32-25(13-5)26(14-6)34(39-32)20-36-28(16-8)27(15-7)35(40-36)19-33-24(12-4)23(11-3)31(38-33)17-29(21)37-30;/h17-20,37,40H,9-16H2,1-8H3;/q-2;+2/b29-17-,30-18-,31-17?,32-18?,33-19?,34-20?,35-19-,36-20-;. The van der Waals surface area contributed by atoms with Crippen LogP contribution in [0.1, 0.15) is 123 Å². The zero-order valence-corrected chi connectivity index (χ0v) is 27.2. The molecule has 1 aliphatic heterocycles. The predicted molar refractivity (Wildman–Crippen MR) is 169 cm³/mol. The third-order valence-corrected chi connectivity index (χ3v) is 8.97. The third kappa shape index (κ3) is 5.27. The fraction of sp³-hybridized carbons (Fsp3) is 0.444. The van der Waals surface area contributed by atoms with E-state index in [2.05, 4.69) is 89.7 Å². The van der Waals surface area contributed by atoms with Crippen molar-refractivity contribution in [1.29, 1.82) is 0 Å². The van der Waals surface area contributed by atoms with Crippen LogP contribution in [0.5, 0.6) is 0 Å². The van der Waals surface area contributed by atoms with E-state index in [-0.39, 0.29) is 16.5 Å². The monoisotopic (exact) mass is 592 g/mol. The van der Waals surface area contributed by atoms with Gasteiger partial charge in [0.05, 0.1) is 0 Å². The van der Waals surface area contributed by atoms with Crippen LogP contribution < -0.4 is 31.4 Å². The van der Waals surface area contributed by atoms with E-state index in [0.29, 0.717) is 0 Å². The van der Waals surface area contributed by atoms with E-state index in [4.69, 9.17) is 9.97 Å². The Morgan fingerprint density at radius 1 is 0.366 bits per heavy atom. The van der Waals surface area contributed by atoms with Crippen LogP contribution in [0.4, 0.5) is 0 Å². The average molecular weight is 593 g/mol. The molecule has 2 N–H and O–H groups in total. The van der Waals surface area contributed by atoms with Crippen LogP contribution in [0.15, 0.2) is 0 Å². The molecule has 0 saturated heterocycles. The number of fused-ring (bicyclic) bond motifs is 8. The number of nitrogens with one attached hydrogen (secondary N) is 2. The van der Waals surface area contributed by atoms with Crippen LogP contribution in [-0.4, -0.2) is 9.97 Å². The summed E-state index contributed by atoms with van der Waals surface area (Å²) in [6.07, 6.45) is 17.1. The third-order valence-electron chi connectivity index (χ3n) is 8.97. The summed E-state index contributed by atoms with van der Waals surface area (Å²) in [5.41, 5.74) is 15.5. The van der Waals surface area contributed by atoms with Gasteiger partial charge in [-0.05, 0) is 73.6 Å². The molecular weight excluding hydrogens is 547 g/mol. The maximum atomic E-state index is 5.29. The molecule has 0 amide bonds. The first-order chi connectivity index (χ1) is 19.5. The molecule has 0 saturated carbocycles. The number of hydrogen-bond donors (Lipinski definition) is 2. The van der Waals surface area contributed by atoms with E-state index in [9.17, 15) is 0 Å². The molecule has 0 fully saturated rings. The second kappa shape index (κ2) is 12.9. The molecule has 5 rings (SSSR count). The minimum Gasteiger partial charge on any atom is -0.657 e. The van der Waals surface area contributed by atoms with Gasteiger partial charge in [0, 0.05) is 21.4 Å². The Morgan fingerprint density at radius 3 is 0.732 bits per heavy atom. The molecule has 8 bridgehead atoms. The minimum absolute atomic E-state index is 0. The molecule has 0 aliphatic carbocycles. The molecule has 4 aromatic rings. The van der Waals surface area contributed by atoms with Crippen molar-refractivity contribution in [2.24, 2.45) is 0 Å². The van der Waals surface area contributed by atoms with Gasteiger partial charge in [-0.25, -0.2) is 0 Å². The van der Waals surface area contributed by atoms with Gasteiger partial charge in [-0.3, -0.25) is 0 Å². The molecular formula is C36H46N4Ni. The largest absolute Gasteiger partial charge is 2.00 e. The molecule has 41 heavy (non-hydrogen) atoms. The Hall–Kier alpha value is -2.91. The smallest absolute Gasteiger partial charge is 0.657 e. The molecule has 220 valence electrons. The summed E-state index contributed by atoms with van der Waals surface area (Å²) in [6, 6.07) is 0. The molecule has 0 unspecified atom stereocenters. The Kier molecular flexibility index (Phi) is 9.80. The van der Waals surface area contributed by atoms with Gasteiger partial charge in [-0.1, -0.05) is 102 Å². The average Bonchev–Trinajstić information content (AvgIpc) is 3.67. The Labute approximate surface area is 255 Å². The Balaban J connectivity index is 0.00000387. The summed E-state index contributed by atoms with van der Waals surface area (Å²) in [5, 5.41) is 4.76. The van der Waals surface area contributed by atoms with Gasteiger partial charge >= 0.3 is 16.5 Å². The van der Waals surface area contributed by atoms with E-state index in [1.807, 2.05) is 0 Å². The molecule has 4 nitrogen and oxygen atoms in total. The van der Waals surface area contributed by atoms with Gasteiger partial charge in [0.2, 0.25) is 0 Å². The van der Waals surface area contributed by atoms with E-state index in [0.717, 1.165) is 74.1 Å². The van der Waals surface area contributed by atoms with Crippen molar-refractivity contribution in [3.8, 4) is 0 Å². The van der Waals surface area contributed by atoms with Crippen molar-refractivity contribution < 1.29 is 16.5 Å². The summed E-state index contributed by atoms with van der Waals surface area (Å²) >= 11 is 0. The van der Waals surface area contributed by atoms with Gasteiger partial charge in [0.25, 0.3) is 0 Å². The van der Waals surface area contributed by atoms with Gasteiger partial charge in [-0.2, -0.15) is 0 Å². The van der Waals surface area contributed by atoms with E-state index >= 15 is 0 Å². The fourth-order valence-electron chi connectivity index (χ4n) is 7.10. The SMILES string of the molecule is CCc1c2[n-]c(c1CC)/C=c1\[nH]/c(c(CC)c1CC)=C\c1[n-]c(c(CC)c1CC)/C=c1\[nH]/c(c(CC)c1CC)=C\2.[Ni+2]. The number of rotatable bonds is 8. The summed E-state index contributed by atoms with van der Waals surface area (Å²) in [5.74, 6) is 0. The first-order valence-electron chi connectivity index (χ1n) is 15.7. The van der Waals surface area contributed by atoms with Gasteiger partial charge in [-0.15, -0.1) is 22.8 Å². The molecule has 5 heteroatoms. The van der Waals surface area contributed by atoms with E-state index in [1.54, 1.807) is 0 Å². The van der Waals surface area contributed by atoms with Crippen molar-refractivity contribution in [3.63, 3.8) is 0 Å². The van der Waals surface area contributed by atoms with Gasteiger partial charge in [0.15, 0.2) is 0 Å². The second-order valence-electron chi connectivity index (χ2n) is 10.9. The molecule has 1 aliphatic rings. The molecule has 5 heterocycles. The normalized spacial score (nSPS) is 15.6. The molecule has 4 aromatic heterocycles. The fourth-order valence-corrected chi connectivity index (χ4v) is 7.10. The van der Waals surface area contributed by atoms with Crippen LogP contribution in [0.25, 0.3) is 24.3 Å². The van der Waals surface area contributed by atoms with E-state index < -0.39 is 0 Å². The number of hydrogen-bond acceptors (Lipinski definition) is 0. The zero-order valence-electron chi connectivity index (χ0n) is 26.2. The van der Waals surface area contributed by atoms with Crippen LogP contribution in [0.3, 0.4) is 0 Å². The molecule has 0 spiro atoms. The number of aromatic amines is 2. The van der Waals surface area contributed by atoms with Gasteiger partial charge < -0.3 is 19.9 Å². The Morgan fingerprint density at radius 2 is 0.561 bits per heavy atom. The quantitative estimate of drug-likeness (QED) is 0.263. The maximum absolute atomic E-state index is 5.29. The van der Waals surface area contributed by atoms with Crippen LogP contribution in [0.2, 0.25) is 0 Å². The second-order valence-corrected chi connectivity index (χ2v) is 10.9. The number of nitrogens with zero attached hydrogens (tertiary/aromatic N) is 2. The van der Waals surface area contributed by atoms with Crippen LogP contribution in [0, 0.1) is 0 Å². The zero-order chi connectivity index (χ0) is 28.6. The maximum Gasteiger partial charge on any atom is 2.00 e. The molecule has 0 aromatic carbocycles. The van der Waals surface area contributed by atoms with Gasteiger partial charge in [0.1, 0.15) is 0 Å². The molecule has 0 atom stereocenters. The first-order valence-corrected chi connectivity index (χ1v) is 15.7. The first kappa shape index (κ1) is 31.0. The topological polar surface area (TPSA) is 59.8 Å². The van der Waals surface area contributed by atoms with Crippen molar-refractivity contribution in [2.45, 2.75) is 107 Å². The number of H-pyrrole nitrogens is 2. The summed E-state index contributed by atoms with van der Waals surface area (Å²) in [7, 11) is 0. The molecule has 0 radical (unpaired) electrons. The van der Waals surface area contributed by atoms with Crippen LogP contribution in [-0.2, 0) is 67.9 Å². The summed E-state index contributed by atoms with van der Waals surface area (Å²) < 4.78 is 0. The van der Waals surface area contributed by atoms with Crippen molar-refractivity contribution in [1.82, 2.24) is 19.9 Å². The van der Waals surface area contributed by atoms with Crippen LogP contribution >= 0.6 is 0 Å². The minimum atomic E-state index is 0. The summed E-state index contributed by atoms with van der Waals surface area (Å²) in [4.78, 5) is 18.2. The van der Waals surface area contributed by atoms with Crippen molar-refractivity contribution >= 4 is 24.3 Å². The van der Waals surface area contributed by atoms with Crippen molar-refractivity contribution in [3.05, 3.63) is 88.7 Å². The number of aromatic nitrogens is 4. The summed E-state index contributed by atoms with van der Waals surface area (Å²) in [6.45, 7) is 18.1. The Bertz CT molecular complexity index is 1530. The van der Waals surface area contributed by atoms with E-state index in [1.165, 1.54) is 65.9 Å². The predicted octanol–water partition coefficient (Wildman–Crippen LogP) is 4.38.